The maximum absolute atomic E-state index is 5.75. The Balaban J connectivity index is 5.42. The van der Waals surface area contributed by atoms with E-state index in [0.29, 0.717) is 0 Å². The predicted molar refractivity (Wildman–Crippen MR) is 221 cm³/mol. The van der Waals surface area contributed by atoms with Crippen LogP contribution in [-0.2, 0) is 35.4 Å². The molecule has 0 aliphatic heterocycles. The maximum Gasteiger partial charge on any atom is 0.334 e. The van der Waals surface area contributed by atoms with E-state index in [1.54, 1.807) is 0 Å². The number of rotatable bonds is 36. The highest BCUT2D eigenvalue weighted by atomic mass is 28.4. The van der Waals surface area contributed by atoms with Gasteiger partial charge in [-0.25, -0.2) is 0 Å². The highest BCUT2D eigenvalue weighted by Gasteiger charge is 2.33. The molecule has 0 amide bonds. The molecular weight excluding hydrogens is 701 g/mol. The summed E-state index contributed by atoms with van der Waals surface area (Å²) in [4.78, 5) is 0. The normalized spacial score (nSPS) is 13.5. The average molecular weight is 785 g/mol. The summed E-state index contributed by atoms with van der Waals surface area (Å²) in [5.74, 6) is 0. The first-order chi connectivity index (χ1) is 23.3. The lowest BCUT2D eigenvalue weighted by molar-refractivity contribution is 0.247. The second kappa shape index (κ2) is 28.2. The van der Waals surface area contributed by atoms with Gasteiger partial charge in [-0.3, -0.25) is 0 Å². The van der Waals surface area contributed by atoms with Crippen LogP contribution in [0.1, 0.15) is 103 Å². The molecule has 296 valence electrons. The van der Waals surface area contributed by atoms with Crippen LogP contribution in [0.25, 0.3) is 0 Å². The molecule has 0 atom stereocenters. The molecule has 0 fully saturated rings. The van der Waals surface area contributed by atoms with Gasteiger partial charge >= 0.3 is 34.2 Å². The summed E-state index contributed by atoms with van der Waals surface area (Å²) in [6.45, 7) is 8.77. The fourth-order valence-electron chi connectivity index (χ4n) is 7.10. The molecule has 0 unspecified atom stereocenters. The largest absolute Gasteiger partial charge is 0.398 e. The molecule has 0 radical (unpaired) electrons. The second-order valence-corrected chi connectivity index (χ2v) is 34.7. The summed E-state index contributed by atoms with van der Waals surface area (Å²) < 4.78 is 46.0. The van der Waals surface area contributed by atoms with Crippen LogP contribution in [0.4, 0.5) is 0 Å². The van der Waals surface area contributed by atoms with Crippen LogP contribution in [0.15, 0.2) is 0 Å². The van der Waals surface area contributed by atoms with Crippen LogP contribution in [-0.4, -0.2) is 99.2 Å². The van der Waals surface area contributed by atoms with Crippen LogP contribution in [0, 0.1) is 0 Å². The van der Waals surface area contributed by atoms with E-state index in [0.717, 1.165) is 24.2 Å². The van der Waals surface area contributed by atoms with Crippen LogP contribution in [0.5, 0.6) is 0 Å². The van der Waals surface area contributed by atoms with E-state index >= 15 is 0 Å². The average Bonchev–Trinajstić information content (AvgIpc) is 3.13. The molecule has 0 saturated heterocycles. The lowest BCUT2D eigenvalue weighted by Gasteiger charge is -2.33. The van der Waals surface area contributed by atoms with Crippen molar-refractivity contribution >= 4 is 42.3 Å². The summed E-state index contributed by atoms with van der Waals surface area (Å²) >= 11 is 0. The van der Waals surface area contributed by atoms with Crippen molar-refractivity contribution in [1.29, 1.82) is 0 Å². The monoisotopic (exact) mass is 785 g/mol. The van der Waals surface area contributed by atoms with Gasteiger partial charge in [0.05, 0.1) is 8.07 Å². The fraction of sp³-hybridized carbons (Fsp3) is 1.00. The van der Waals surface area contributed by atoms with Crippen molar-refractivity contribution in [3.63, 3.8) is 0 Å². The van der Waals surface area contributed by atoms with Crippen LogP contribution >= 0.6 is 0 Å². The molecule has 0 aromatic heterocycles. The topological polar surface area (TPSA) is 73.8 Å². The van der Waals surface area contributed by atoms with Gasteiger partial charge in [0.2, 0.25) is 0 Å². The van der Waals surface area contributed by atoms with E-state index in [1.165, 1.54) is 127 Å². The Morgan fingerprint density at radius 3 is 0.510 bits per heavy atom. The van der Waals surface area contributed by atoms with Gasteiger partial charge in [-0.2, -0.15) is 0 Å². The van der Waals surface area contributed by atoms with Crippen LogP contribution < -0.4 is 0 Å². The molecule has 0 N–H and O–H groups in total. The van der Waals surface area contributed by atoms with Gasteiger partial charge < -0.3 is 35.4 Å². The molecule has 8 nitrogen and oxygen atoms in total. The summed E-state index contributed by atoms with van der Waals surface area (Å²) in [6, 6.07) is 10.4. The maximum atomic E-state index is 5.75. The lowest BCUT2D eigenvalue weighted by atomic mass is 10.2. The van der Waals surface area contributed by atoms with Crippen molar-refractivity contribution in [1.82, 2.24) is 0 Å². The van der Waals surface area contributed by atoms with Crippen molar-refractivity contribution < 1.29 is 35.4 Å². The van der Waals surface area contributed by atoms with E-state index in [9.17, 15) is 0 Å². The molecule has 49 heavy (non-hydrogen) atoms. The van der Waals surface area contributed by atoms with Gasteiger partial charge in [-0.05, 0) is 50.4 Å². The SMILES string of the molecule is CO[Si](C)(CCCCCC[Si](CCCCCC[Si](C)(OC)OC)(CCCCCC[Si](C)(OC)OC)CCCCCC[Si](C)(OC)OC)OC. The Hall–Kier alpha value is 0.764. The zero-order chi connectivity index (χ0) is 37.1. The van der Waals surface area contributed by atoms with Crippen molar-refractivity contribution in [3.8, 4) is 0 Å². The number of unbranched alkanes of at least 4 members (excludes halogenated alkanes) is 12. The molecule has 0 rings (SSSR count). The molecule has 0 aromatic carbocycles. The van der Waals surface area contributed by atoms with Gasteiger partial charge in [0, 0.05) is 56.9 Å². The summed E-state index contributed by atoms with van der Waals surface area (Å²) in [5, 5.41) is 0. The molecule has 0 heterocycles. The van der Waals surface area contributed by atoms with Crippen molar-refractivity contribution in [3.05, 3.63) is 0 Å². The van der Waals surface area contributed by atoms with Gasteiger partial charge in [-0.15, -0.1) is 0 Å². The van der Waals surface area contributed by atoms with E-state index in [1.807, 2.05) is 56.9 Å². The Kier molecular flexibility index (Phi) is 28.7. The minimum Gasteiger partial charge on any atom is -0.398 e. The molecule has 0 bridgehead atoms. The molecule has 0 saturated carbocycles. The first-order valence-electron chi connectivity index (χ1n) is 19.7. The molecular formula is C36H84O8Si5. The molecule has 13 heteroatoms. The third-order valence-electron chi connectivity index (χ3n) is 11.8. The zero-order valence-corrected chi connectivity index (χ0v) is 39.7. The Morgan fingerprint density at radius 2 is 0.367 bits per heavy atom. The van der Waals surface area contributed by atoms with Crippen molar-refractivity contribution in [2.45, 2.75) is 177 Å². The quantitative estimate of drug-likeness (QED) is 0.0459. The van der Waals surface area contributed by atoms with E-state index in [4.69, 9.17) is 35.4 Å². The standard InChI is InChI=1S/C36H84O8Si5/c1-37-45(9,38-2)29-21-13-17-25-33-49(34-26-18-14-22-30-46(10,39-3)40-4,35-27-19-15-23-31-47(11,41-5)42-6)36-28-20-16-24-32-48(12,43-7)44-8/h13-36H2,1-12H3. The lowest BCUT2D eigenvalue weighted by Crippen LogP contribution is -2.36. The van der Waals surface area contributed by atoms with Crippen LogP contribution in [0.2, 0.25) is 74.5 Å². The Labute approximate surface area is 310 Å². The van der Waals surface area contributed by atoms with Gasteiger partial charge in [0.15, 0.2) is 0 Å². The fourth-order valence-corrected chi connectivity index (χ4v) is 18.5. The molecule has 0 spiro atoms. The third-order valence-corrected chi connectivity index (χ3v) is 29.4. The third kappa shape index (κ3) is 22.6. The first kappa shape index (κ1) is 49.8. The zero-order valence-electron chi connectivity index (χ0n) is 34.7. The Morgan fingerprint density at radius 1 is 0.224 bits per heavy atom. The van der Waals surface area contributed by atoms with Gasteiger partial charge in [0.25, 0.3) is 0 Å². The van der Waals surface area contributed by atoms with E-state index in [-0.39, 0.29) is 0 Å². The van der Waals surface area contributed by atoms with Gasteiger partial charge in [0.1, 0.15) is 0 Å². The first-order valence-corrected chi connectivity index (χ1v) is 32.7. The number of hydrogen-bond donors (Lipinski definition) is 0. The molecule has 0 aliphatic rings. The highest BCUT2D eigenvalue weighted by molar-refractivity contribution is 6.79. The molecule has 0 aromatic rings. The minimum absolute atomic E-state index is 1.10. The predicted octanol–water partition coefficient (Wildman–Crippen LogP) is 11.1. The van der Waals surface area contributed by atoms with E-state index < -0.39 is 42.3 Å². The number of hydrogen-bond acceptors (Lipinski definition) is 8. The Bertz CT molecular complexity index is 640. The molecule has 0 aliphatic carbocycles. The minimum atomic E-state index is -1.96. The van der Waals surface area contributed by atoms with Gasteiger partial charge in [-0.1, -0.05) is 127 Å². The van der Waals surface area contributed by atoms with Crippen LogP contribution in [0.3, 0.4) is 0 Å². The van der Waals surface area contributed by atoms with Crippen molar-refractivity contribution in [2.24, 2.45) is 0 Å². The summed E-state index contributed by atoms with van der Waals surface area (Å²) in [6.07, 6.45) is 21.0. The summed E-state index contributed by atoms with van der Waals surface area (Å²) in [5.41, 5.74) is 0. The summed E-state index contributed by atoms with van der Waals surface area (Å²) in [7, 11) is 5.28. The second-order valence-electron chi connectivity index (χ2n) is 15.3. The smallest absolute Gasteiger partial charge is 0.334 e. The van der Waals surface area contributed by atoms with E-state index in [2.05, 4.69) is 26.2 Å². The highest BCUT2D eigenvalue weighted by Crippen LogP contribution is 2.36. The van der Waals surface area contributed by atoms with Crippen molar-refractivity contribution in [2.75, 3.05) is 56.9 Å².